The Kier molecular flexibility index (Phi) is 2.82. The molecule has 0 bridgehead atoms. The Hall–Kier alpha value is -1.56. The van der Waals surface area contributed by atoms with Crippen molar-refractivity contribution in [1.29, 1.82) is 0 Å². The largest absolute Gasteiger partial charge is 0.366 e. The minimum Gasteiger partial charge on any atom is -0.366 e. The monoisotopic (exact) mass is 254 g/mol. The standard InChI is InChI=1S/C11H14N2O3S/c1-17(15,16)13-6-2-3-8-7-9(11(12)14)4-5-10(8)13/h4-5,7H,2-3,6H2,1H3,(H2,12,14). The first kappa shape index (κ1) is 11.9. The Morgan fingerprint density at radius 1 is 1.41 bits per heavy atom. The Morgan fingerprint density at radius 2 is 2.12 bits per heavy atom. The molecule has 1 aliphatic heterocycles. The molecule has 1 amide bonds. The SMILES string of the molecule is CS(=O)(=O)N1CCCc2cc(C(N)=O)ccc21. The van der Waals surface area contributed by atoms with Gasteiger partial charge in [-0.2, -0.15) is 0 Å². The van der Waals surface area contributed by atoms with E-state index in [9.17, 15) is 13.2 Å². The molecule has 0 aromatic heterocycles. The number of primary amides is 1. The lowest BCUT2D eigenvalue weighted by molar-refractivity contribution is 0.1000. The van der Waals surface area contributed by atoms with Gasteiger partial charge in [0.25, 0.3) is 0 Å². The Morgan fingerprint density at radius 3 is 2.71 bits per heavy atom. The summed E-state index contributed by atoms with van der Waals surface area (Å²) in [6, 6.07) is 4.88. The lowest BCUT2D eigenvalue weighted by atomic mass is 10.0. The maximum atomic E-state index is 11.6. The Labute approximate surface area is 100 Å². The van der Waals surface area contributed by atoms with Crippen LogP contribution in [-0.4, -0.2) is 27.1 Å². The number of carbonyl (C=O) groups is 1. The van der Waals surface area contributed by atoms with Crippen LogP contribution in [0.3, 0.4) is 0 Å². The molecule has 0 saturated carbocycles. The van der Waals surface area contributed by atoms with Gasteiger partial charge >= 0.3 is 0 Å². The predicted molar refractivity (Wildman–Crippen MR) is 65.5 cm³/mol. The molecule has 1 aliphatic rings. The van der Waals surface area contributed by atoms with E-state index in [-0.39, 0.29) is 0 Å². The van der Waals surface area contributed by atoms with Crippen molar-refractivity contribution in [2.75, 3.05) is 17.1 Å². The minimum absolute atomic E-state index is 0.416. The summed E-state index contributed by atoms with van der Waals surface area (Å²) in [5.74, 6) is -0.496. The minimum atomic E-state index is -3.26. The predicted octanol–water partition coefficient (Wildman–Crippen LogP) is 0.498. The molecule has 6 heteroatoms. The molecular weight excluding hydrogens is 240 g/mol. The third kappa shape index (κ3) is 2.26. The van der Waals surface area contributed by atoms with Gasteiger partial charge in [-0.25, -0.2) is 8.42 Å². The van der Waals surface area contributed by atoms with Gasteiger partial charge in [-0.1, -0.05) is 0 Å². The molecule has 5 nitrogen and oxygen atoms in total. The second-order valence-electron chi connectivity index (χ2n) is 4.15. The molecule has 17 heavy (non-hydrogen) atoms. The quantitative estimate of drug-likeness (QED) is 0.834. The Bertz CT molecular complexity index is 566. The lowest BCUT2D eigenvalue weighted by Gasteiger charge is -2.29. The zero-order valence-corrected chi connectivity index (χ0v) is 10.3. The number of hydrogen-bond donors (Lipinski definition) is 1. The fourth-order valence-corrected chi connectivity index (χ4v) is 3.06. The zero-order valence-electron chi connectivity index (χ0n) is 9.51. The van der Waals surface area contributed by atoms with Gasteiger partial charge in [-0.05, 0) is 36.6 Å². The third-order valence-corrected chi connectivity index (χ3v) is 4.02. The number of amides is 1. The van der Waals surface area contributed by atoms with E-state index in [0.29, 0.717) is 17.8 Å². The van der Waals surface area contributed by atoms with Gasteiger partial charge in [-0.15, -0.1) is 0 Å². The number of sulfonamides is 1. The second-order valence-corrected chi connectivity index (χ2v) is 6.05. The van der Waals surface area contributed by atoms with E-state index < -0.39 is 15.9 Å². The summed E-state index contributed by atoms with van der Waals surface area (Å²) in [6.45, 7) is 0.488. The van der Waals surface area contributed by atoms with E-state index >= 15 is 0 Å². The van der Waals surface area contributed by atoms with Crippen molar-refractivity contribution in [1.82, 2.24) is 0 Å². The van der Waals surface area contributed by atoms with Crippen molar-refractivity contribution in [2.24, 2.45) is 5.73 Å². The number of aryl methyl sites for hydroxylation is 1. The summed E-state index contributed by atoms with van der Waals surface area (Å²) in [4.78, 5) is 11.1. The Balaban J connectivity index is 2.51. The third-order valence-electron chi connectivity index (χ3n) is 2.84. The normalized spacial score (nSPS) is 15.5. The van der Waals surface area contributed by atoms with E-state index in [1.165, 1.54) is 10.6 Å². The lowest BCUT2D eigenvalue weighted by Crippen LogP contribution is -2.34. The molecule has 0 radical (unpaired) electrons. The zero-order chi connectivity index (χ0) is 12.6. The number of nitrogens with zero attached hydrogens (tertiary/aromatic N) is 1. The summed E-state index contributed by atoms with van der Waals surface area (Å²) in [5.41, 5.74) is 7.13. The first-order valence-corrected chi connectivity index (χ1v) is 7.15. The van der Waals surface area contributed by atoms with Crippen LogP contribution in [0.1, 0.15) is 22.3 Å². The molecule has 0 fully saturated rings. The van der Waals surface area contributed by atoms with Gasteiger partial charge in [0.15, 0.2) is 0 Å². The van der Waals surface area contributed by atoms with Crippen LogP contribution in [0.4, 0.5) is 5.69 Å². The summed E-state index contributed by atoms with van der Waals surface area (Å²) in [7, 11) is -3.26. The smallest absolute Gasteiger partial charge is 0.248 e. The van der Waals surface area contributed by atoms with E-state index in [2.05, 4.69) is 0 Å². The summed E-state index contributed by atoms with van der Waals surface area (Å²) >= 11 is 0. The highest BCUT2D eigenvalue weighted by molar-refractivity contribution is 7.92. The highest BCUT2D eigenvalue weighted by Gasteiger charge is 2.24. The second kappa shape index (κ2) is 4.03. The molecule has 0 spiro atoms. The van der Waals surface area contributed by atoms with E-state index in [4.69, 9.17) is 5.73 Å². The van der Waals surface area contributed by atoms with Gasteiger partial charge < -0.3 is 5.73 Å². The van der Waals surface area contributed by atoms with Gasteiger partial charge in [-0.3, -0.25) is 9.10 Å². The van der Waals surface area contributed by atoms with E-state index in [0.717, 1.165) is 18.4 Å². The molecule has 2 N–H and O–H groups in total. The molecule has 0 aliphatic carbocycles. The van der Waals surface area contributed by atoms with Crippen LogP contribution in [0.5, 0.6) is 0 Å². The van der Waals surface area contributed by atoms with Crippen molar-refractivity contribution in [3.8, 4) is 0 Å². The number of hydrogen-bond acceptors (Lipinski definition) is 3. The van der Waals surface area contributed by atoms with Crippen LogP contribution >= 0.6 is 0 Å². The summed E-state index contributed by atoms with van der Waals surface area (Å²) in [6.07, 6.45) is 2.70. The number of nitrogens with two attached hydrogens (primary N) is 1. The average molecular weight is 254 g/mol. The fraction of sp³-hybridized carbons (Fsp3) is 0.364. The van der Waals surface area contributed by atoms with Crippen LogP contribution in [0, 0.1) is 0 Å². The van der Waals surface area contributed by atoms with Crippen LogP contribution < -0.4 is 10.0 Å². The number of fused-ring (bicyclic) bond motifs is 1. The van der Waals surface area contributed by atoms with Crippen LogP contribution in [-0.2, 0) is 16.4 Å². The number of rotatable bonds is 2. The van der Waals surface area contributed by atoms with Gasteiger partial charge in [0.2, 0.25) is 15.9 Å². The molecule has 92 valence electrons. The number of anilines is 1. The summed E-state index contributed by atoms with van der Waals surface area (Å²) in [5, 5.41) is 0. The first-order valence-electron chi connectivity index (χ1n) is 5.30. The highest BCUT2D eigenvalue weighted by Crippen LogP contribution is 2.29. The fourth-order valence-electron chi connectivity index (χ4n) is 2.06. The molecule has 2 rings (SSSR count). The molecule has 0 atom stereocenters. The molecule has 0 saturated heterocycles. The first-order chi connectivity index (χ1) is 7.89. The van der Waals surface area contributed by atoms with Crippen LogP contribution in [0.15, 0.2) is 18.2 Å². The molecule has 1 aromatic rings. The van der Waals surface area contributed by atoms with Crippen molar-refractivity contribution in [3.63, 3.8) is 0 Å². The number of carbonyl (C=O) groups excluding carboxylic acids is 1. The number of benzene rings is 1. The van der Waals surface area contributed by atoms with Crippen molar-refractivity contribution in [2.45, 2.75) is 12.8 Å². The van der Waals surface area contributed by atoms with E-state index in [1.807, 2.05) is 0 Å². The van der Waals surface area contributed by atoms with Crippen molar-refractivity contribution in [3.05, 3.63) is 29.3 Å². The van der Waals surface area contributed by atoms with Crippen molar-refractivity contribution < 1.29 is 13.2 Å². The molecular formula is C11H14N2O3S. The van der Waals surface area contributed by atoms with Gasteiger partial charge in [0, 0.05) is 12.1 Å². The maximum absolute atomic E-state index is 11.6. The van der Waals surface area contributed by atoms with Crippen LogP contribution in [0.25, 0.3) is 0 Å². The van der Waals surface area contributed by atoms with Gasteiger partial charge in [0.05, 0.1) is 11.9 Å². The summed E-state index contributed by atoms with van der Waals surface area (Å²) < 4.78 is 24.6. The van der Waals surface area contributed by atoms with Crippen molar-refractivity contribution >= 4 is 21.6 Å². The highest BCUT2D eigenvalue weighted by atomic mass is 32.2. The molecule has 1 aromatic carbocycles. The van der Waals surface area contributed by atoms with E-state index in [1.54, 1.807) is 18.2 Å². The van der Waals surface area contributed by atoms with Gasteiger partial charge in [0.1, 0.15) is 0 Å². The van der Waals surface area contributed by atoms with Crippen LogP contribution in [0.2, 0.25) is 0 Å². The average Bonchev–Trinajstić information content (AvgIpc) is 2.26. The molecule has 1 heterocycles. The topological polar surface area (TPSA) is 80.5 Å². The molecule has 0 unspecified atom stereocenters. The maximum Gasteiger partial charge on any atom is 0.248 e.